The largest absolute Gasteiger partial charge is 0.423 e. The molecule has 6 heteroatoms. The Balaban J connectivity index is 0.000000375. The molecule has 0 unspecified atom stereocenters. The van der Waals surface area contributed by atoms with Gasteiger partial charge in [0.2, 0.25) is 0 Å². The Morgan fingerprint density at radius 1 is 0.295 bits per heavy atom. The predicted molar refractivity (Wildman–Crippen MR) is 254 cm³/mol. The maximum Gasteiger partial charge on any atom is 0.343 e. The molecule has 0 spiro atoms. The van der Waals surface area contributed by atoms with E-state index in [1.54, 1.807) is 36.4 Å². The quantitative estimate of drug-likeness (QED) is 0.0789. The number of benzene rings is 7. The van der Waals surface area contributed by atoms with Gasteiger partial charge in [-0.2, -0.15) is 0 Å². The van der Waals surface area contributed by atoms with Gasteiger partial charge in [0, 0.05) is 44.5 Å². The highest BCUT2D eigenvalue weighted by molar-refractivity contribution is 5.91. The maximum atomic E-state index is 12.1. The van der Waals surface area contributed by atoms with Crippen molar-refractivity contribution in [1.29, 1.82) is 0 Å². The van der Waals surface area contributed by atoms with Crippen molar-refractivity contribution < 1.29 is 9.53 Å². The standard InChI is InChI=1S/C29H18O2.C22H14.4CH5N/c30-29(27-9-5-2-6-10-27)31-28-21-19-26(20-22-28)18-17-25-15-13-24(14-16-25)12-11-23-7-3-1-4-8-23;1-3-7-19(8-4-1)11-13-21-15-17-22(18-16-21)14-12-20-9-5-2-6-10-20;4*1-2/h1-10,13-16,19-22H;1-10,15-18H;4*2H2,1H3. The number of rotatable bonds is 2. The van der Waals surface area contributed by atoms with Crippen LogP contribution in [0.4, 0.5) is 0 Å². The SMILES string of the molecule is C(#Cc1ccc(C#Cc2ccccc2)cc1)c1ccccc1.CN.CN.CN.CN.O=C(Oc1ccc(C#Cc2ccc(C#Cc3ccccc3)cc2)cc1)c1ccccc1. The topological polar surface area (TPSA) is 130 Å². The fourth-order valence-electron chi connectivity index (χ4n) is 4.76. The maximum absolute atomic E-state index is 12.1. The Morgan fingerprint density at radius 3 is 0.738 bits per heavy atom. The molecule has 0 bridgehead atoms. The van der Waals surface area contributed by atoms with Crippen molar-refractivity contribution in [3.63, 3.8) is 0 Å². The molecule has 0 fully saturated rings. The van der Waals surface area contributed by atoms with E-state index >= 15 is 0 Å². The first-order valence-electron chi connectivity index (χ1n) is 19.3. The molecule has 304 valence electrons. The van der Waals surface area contributed by atoms with Crippen LogP contribution in [0.1, 0.15) is 54.9 Å². The summed E-state index contributed by atoms with van der Waals surface area (Å²) in [6, 6.07) is 61.8. The summed E-state index contributed by atoms with van der Waals surface area (Å²) >= 11 is 0. The van der Waals surface area contributed by atoms with E-state index in [2.05, 4.69) is 70.3 Å². The second-order valence-corrected chi connectivity index (χ2v) is 11.5. The summed E-state index contributed by atoms with van der Waals surface area (Å²) in [5.74, 6) is 25.3. The number of carbonyl (C=O) groups is 1. The molecule has 0 atom stereocenters. The Hall–Kier alpha value is -7.91. The molecule has 0 aromatic heterocycles. The molecule has 8 N–H and O–H groups in total. The zero-order chi connectivity index (χ0) is 44.3. The molecule has 61 heavy (non-hydrogen) atoms. The molecule has 0 saturated carbocycles. The van der Waals surface area contributed by atoms with Crippen LogP contribution in [0.3, 0.4) is 0 Å². The number of nitrogens with two attached hydrogens (primary N) is 4. The minimum atomic E-state index is -0.380. The van der Waals surface area contributed by atoms with Crippen LogP contribution >= 0.6 is 0 Å². The van der Waals surface area contributed by atoms with Gasteiger partial charge in [0.15, 0.2) is 0 Å². The van der Waals surface area contributed by atoms with E-state index in [0.717, 1.165) is 44.5 Å². The second kappa shape index (κ2) is 31.1. The van der Waals surface area contributed by atoms with Crippen LogP contribution in [-0.4, -0.2) is 34.2 Å². The zero-order valence-corrected chi connectivity index (χ0v) is 35.1. The van der Waals surface area contributed by atoms with Gasteiger partial charge in [-0.05, 0) is 150 Å². The van der Waals surface area contributed by atoms with Crippen LogP contribution in [0.5, 0.6) is 5.75 Å². The fraction of sp³-hybridized carbons (Fsp3) is 0.0727. The minimum absolute atomic E-state index is 0.380. The van der Waals surface area contributed by atoms with E-state index in [-0.39, 0.29) is 5.97 Å². The van der Waals surface area contributed by atoms with Gasteiger partial charge < -0.3 is 27.7 Å². The van der Waals surface area contributed by atoms with Gasteiger partial charge in [-0.3, -0.25) is 0 Å². The first kappa shape index (κ1) is 49.2. The van der Waals surface area contributed by atoms with Gasteiger partial charge in [-0.25, -0.2) is 4.79 Å². The molecular weight excluding hydrogens is 749 g/mol. The van der Waals surface area contributed by atoms with Crippen LogP contribution < -0.4 is 27.7 Å². The molecule has 0 radical (unpaired) electrons. The van der Waals surface area contributed by atoms with Crippen molar-refractivity contribution >= 4 is 5.97 Å². The number of hydrogen-bond donors (Lipinski definition) is 4. The lowest BCUT2D eigenvalue weighted by atomic mass is 10.1. The van der Waals surface area contributed by atoms with E-state index in [9.17, 15) is 4.79 Å². The lowest BCUT2D eigenvalue weighted by molar-refractivity contribution is 0.0734. The molecule has 0 amide bonds. The van der Waals surface area contributed by atoms with Crippen molar-refractivity contribution in [3.05, 3.63) is 244 Å². The average molecular weight is 801 g/mol. The Morgan fingerprint density at radius 2 is 0.492 bits per heavy atom. The van der Waals surface area contributed by atoms with Gasteiger partial charge >= 0.3 is 5.97 Å². The molecule has 0 saturated heterocycles. The first-order valence-corrected chi connectivity index (χ1v) is 19.3. The number of carbonyl (C=O) groups excluding carboxylic acids is 1. The number of esters is 1. The molecular formula is C55H52N4O2. The highest BCUT2D eigenvalue weighted by Crippen LogP contribution is 2.14. The van der Waals surface area contributed by atoms with E-state index in [1.165, 1.54) is 28.2 Å². The van der Waals surface area contributed by atoms with Gasteiger partial charge in [-0.1, -0.05) is 120 Å². The molecule has 0 aliphatic rings. The van der Waals surface area contributed by atoms with Crippen LogP contribution in [0.15, 0.2) is 194 Å². The van der Waals surface area contributed by atoms with Crippen LogP contribution in [0, 0.1) is 47.4 Å². The Kier molecular flexibility index (Phi) is 25.1. The van der Waals surface area contributed by atoms with Crippen molar-refractivity contribution in [3.8, 4) is 53.1 Å². The van der Waals surface area contributed by atoms with Crippen molar-refractivity contribution in [2.45, 2.75) is 0 Å². The summed E-state index contributed by atoms with van der Waals surface area (Å²) in [4.78, 5) is 12.1. The molecule has 0 aliphatic carbocycles. The van der Waals surface area contributed by atoms with E-state index < -0.39 is 0 Å². The molecule has 0 aliphatic heterocycles. The smallest absolute Gasteiger partial charge is 0.343 e. The summed E-state index contributed by atoms with van der Waals surface area (Å²) in [6.45, 7) is 0. The predicted octanol–water partition coefficient (Wildman–Crippen LogP) is 8.49. The van der Waals surface area contributed by atoms with E-state index in [0.29, 0.717) is 11.3 Å². The normalized spacial score (nSPS) is 8.52. The highest BCUT2D eigenvalue weighted by atomic mass is 16.5. The van der Waals surface area contributed by atoms with Gasteiger partial charge in [-0.15, -0.1) is 0 Å². The molecule has 7 aromatic carbocycles. The number of ether oxygens (including phenoxy) is 1. The van der Waals surface area contributed by atoms with Gasteiger partial charge in [0.1, 0.15) is 5.75 Å². The monoisotopic (exact) mass is 800 g/mol. The summed E-state index contributed by atoms with van der Waals surface area (Å²) < 4.78 is 5.39. The average Bonchev–Trinajstić information content (AvgIpc) is 3.36. The Bertz CT molecular complexity index is 2440. The summed E-state index contributed by atoms with van der Waals surface area (Å²) in [5, 5.41) is 0. The second-order valence-electron chi connectivity index (χ2n) is 11.5. The van der Waals surface area contributed by atoms with Crippen LogP contribution in [-0.2, 0) is 0 Å². The third-order valence-electron chi connectivity index (χ3n) is 7.57. The van der Waals surface area contributed by atoms with Gasteiger partial charge in [0.05, 0.1) is 5.56 Å². The third kappa shape index (κ3) is 19.4. The summed E-state index contributed by atoms with van der Waals surface area (Å²) in [6.07, 6.45) is 0. The zero-order valence-electron chi connectivity index (χ0n) is 35.1. The lowest BCUT2D eigenvalue weighted by Gasteiger charge is -2.04. The fourth-order valence-corrected chi connectivity index (χ4v) is 4.76. The molecule has 6 nitrogen and oxygen atoms in total. The van der Waals surface area contributed by atoms with Crippen molar-refractivity contribution in [2.75, 3.05) is 28.2 Å². The molecule has 7 rings (SSSR count). The van der Waals surface area contributed by atoms with Gasteiger partial charge in [0.25, 0.3) is 0 Å². The van der Waals surface area contributed by atoms with E-state index in [1.807, 2.05) is 158 Å². The molecule has 0 heterocycles. The first-order chi connectivity index (χ1) is 30.2. The number of hydrogen-bond acceptors (Lipinski definition) is 6. The molecule has 7 aromatic rings. The summed E-state index contributed by atoms with van der Waals surface area (Å²) in [7, 11) is 6.00. The summed E-state index contributed by atoms with van der Waals surface area (Å²) in [5.41, 5.74) is 26.2. The third-order valence-corrected chi connectivity index (χ3v) is 7.57. The van der Waals surface area contributed by atoms with Crippen molar-refractivity contribution in [2.24, 2.45) is 22.9 Å². The highest BCUT2D eigenvalue weighted by Gasteiger charge is 2.07. The van der Waals surface area contributed by atoms with Crippen molar-refractivity contribution in [1.82, 2.24) is 0 Å². The minimum Gasteiger partial charge on any atom is -0.423 e. The van der Waals surface area contributed by atoms with Crippen LogP contribution in [0.2, 0.25) is 0 Å². The van der Waals surface area contributed by atoms with E-state index in [4.69, 9.17) is 4.74 Å². The lowest BCUT2D eigenvalue weighted by Crippen LogP contribution is -2.07. The van der Waals surface area contributed by atoms with Crippen LogP contribution in [0.25, 0.3) is 0 Å². The Labute approximate surface area is 362 Å².